The average Bonchev–Trinajstić information content (AvgIpc) is 2.54. The molecule has 1 atom stereocenters. The van der Waals surface area contributed by atoms with Gasteiger partial charge in [0.2, 0.25) is 5.91 Å². The second-order valence-electron chi connectivity index (χ2n) is 6.46. The van der Waals surface area contributed by atoms with Crippen LogP contribution in [-0.2, 0) is 11.3 Å². The summed E-state index contributed by atoms with van der Waals surface area (Å²) in [6.07, 6.45) is -0.319. The molecular formula is C18H28FN3O2. The number of amides is 1. The van der Waals surface area contributed by atoms with Gasteiger partial charge >= 0.3 is 0 Å². The molecule has 1 aromatic rings. The maximum Gasteiger partial charge on any atom is 0.237 e. The lowest BCUT2D eigenvalue weighted by atomic mass is 10.2. The number of aliphatic hydroxyl groups excluding tert-OH is 1. The van der Waals surface area contributed by atoms with Gasteiger partial charge in [0.05, 0.1) is 12.6 Å². The Morgan fingerprint density at radius 1 is 1.29 bits per heavy atom. The van der Waals surface area contributed by atoms with Crippen molar-refractivity contribution in [3.8, 4) is 0 Å². The van der Waals surface area contributed by atoms with Gasteiger partial charge < -0.3 is 10.0 Å². The Labute approximate surface area is 143 Å². The van der Waals surface area contributed by atoms with Gasteiger partial charge in [-0.05, 0) is 31.5 Å². The van der Waals surface area contributed by atoms with Crippen molar-refractivity contribution in [1.29, 1.82) is 0 Å². The summed E-state index contributed by atoms with van der Waals surface area (Å²) in [5, 5.41) is 9.44. The molecule has 0 unspecified atom stereocenters. The molecule has 2 rings (SSSR count). The quantitative estimate of drug-likeness (QED) is 0.811. The maximum absolute atomic E-state index is 13.3. The molecule has 24 heavy (non-hydrogen) atoms. The van der Waals surface area contributed by atoms with Crippen molar-refractivity contribution >= 4 is 5.91 Å². The molecule has 1 saturated heterocycles. The number of carbonyl (C=O) groups excluding carboxylic acids is 1. The highest BCUT2D eigenvalue weighted by Crippen LogP contribution is 2.09. The van der Waals surface area contributed by atoms with Crippen LogP contribution in [0.4, 0.5) is 4.39 Å². The summed E-state index contributed by atoms with van der Waals surface area (Å²) in [6.45, 7) is 9.26. The van der Waals surface area contributed by atoms with Crippen molar-refractivity contribution < 1.29 is 14.3 Å². The van der Waals surface area contributed by atoms with E-state index in [0.29, 0.717) is 26.2 Å². The summed E-state index contributed by atoms with van der Waals surface area (Å²) >= 11 is 0. The van der Waals surface area contributed by atoms with Crippen molar-refractivity contribution in [2.45, 2.75) is 26.5 Å². The van der Waals surface area contributed by atoms with Crippen LogP contribution in [-0.4, -0.2) is 77.6 Å². The van der Waals surface area contributed by atoms with Crippen molar-refractivity contribution in [1.82, 2.24) is 14.7 Å². The molecule has 0 aliphatic carbocycles. The highest BCUT2D eigenvalue weighted by molar-refractivity contribution is 5.78. The number of carbonyl (C=O) groups is 1. The first kappa shape index (κ1) is 18.8. The molecule has 1 aromatic carbocycles. The van der Waals surface area contributed by atoms with E-state index < -0.39 is 0 Å². The van der Waals surface area contributed by atoms with E-state index in [4.69, 9.17) is 0 Å². The fourth-order valence-electron chi connectivity index (χ4n) is 3.03. The largest absolute Gasteiger partial charge is 0.392 e. The van der Waals surface area contributed by atoms with E-state index in [9.17, 15) is 14.3 Å². The highest BCUT2D eigenvalue weighted by atomic mass is 19.1. The Bertz CT molecular complexity index is 531. The summed E-state index contributed by atoms with van der Waals surface area (Å²) in [7, 11) is 0. The topological polar surface area (TPSA) is 47.0 Å². The van der Waals surface area contributed by atoms with Crippen LogP contribution in [0.25, 0.3) is 0 Å². The van der Waals surface area contributed by atoms with Crippen LogP contribution in [0.5, 0.6) is 0 Å². The fourth-order valence-corrected chi connectivity index (χ4v) is 3.03. The van der Waals surface area contributed by atoms with Gasteiger partial charge in [0, 0.05) is 45.8 Å². The third-order valence-corrected chi connectivity index (χ3v) is 4.34. The molecule has 1 aliphatic rings. The van der Waals surface area contributed by atoms with Crippen molar-refractivity contribution in [3.63, 3.8) is 0 Å². The number of piperazine rings is 1. The molecule has 0 aromatic heterocycles. The fraction of sp³-hybridized carbons (Fsp3) is 0.611. The zero-order chi connectivity index (χ0) is 17.5. The first-order chi connectivity index (χ1) is 11.5. The van der Waals surface area contributed by atoms with Gasteiger partial charge in [0.15, 0.2) is 0 Å². The molecule has 0 radical (unpaired) electrons. The SMILES string of the molecule is CCN(Cc1cccc(F)c1)C(=O)CN1CCN(C[C@@H](C)O)CC1. The van der Waals surface area contributed by atoms with Gasteiger partial charge in [0.25, 0.3) is 0 Å². The number of aliphatic hydroxyl groups is 1. The third-order valence-electron chi connectivity index (χ3n) is 4.34. The lowest BCUT2D eigenvalue weighted by Gasteiger charge is -2.35. The number of halogens is 1. The average molecular weight is 337 g/mol. The van der Waals surface area contributed by atoms with Crippen LogP contribution in [0.1, 0.15) is 19.4 Å². The Balaban J connectivity index is 1.82. The number of β-amino-alcohol motifs (C(OH)–C–C–N with tert-alkyl or cyclic N) is 1. The van der Waals surface area contributed by atoms with E-state index in [1.54, 1.807) is 17.9 Å². The van der Waals surface area contributed by atoms with Crippen molar-refractivity contribution in [3.05, 3.63) is 35.6 Å². The number of likely N-dealkylation sites (N-methyl/N-ethyl adjacent to an activating group) is 1. The molecule has 1 fully saturated rings. The zero-order valence-corrected chi connectivity index (χ0v) is 14.6. The molecule has 134 valence electrons. The molecule has 1 aliphatic heterocycles. The van der Waals surface area contributed by atoms with Crippen LogP contribution in [0.3, 0.4) is 0 Å². The molecule has 0 spiro atoms. The second-order valence-corrected chi connectivity index (χ2v) is 6.46. The van der Waals surface area contributed by atoms with E-state index in [0.717, 1.165) is 31.7 Å². The number of hydrogen-bond acceptors (Lipinski definition) is 4. The van der Waals surface area contributed by atoms with Crippen molar-refractivity contribution in [2.24, 2.45) is 0 Å². The summed E-state index contributed by atoms with van der Waals surface area (Å²) in [5.41, 5.74) is 0.812. The zero-order valence-electron chi connectivity index (χ0n) is 14.6. The van der Waals surface area contributed by atoms with Gasteiger partial charge in [0.1, 0.15) is 5.82 Å². The maximum atomic E-state index is 13.3. The van der Waals surface area contributed by atoms with E-state index in [1.807, 2.05) is 13.0 Å². The van der Waals surface area contributed by atoms with Crippen LogP contribution in [0.2, 0.25) is 0 Å². The van der Waals surface area contributed by atoms with Crippen LogP contribution >= 0.6 is 0 Å². The van der Waals surface area contributed by atoms with E-state index >= 15 is 0 Å². The highest BCUT2D eigenvalue weighted by Gasteiger charge is 2.21. The van der Waals surface area contributed by atoms with Gasteiger partial charge in [-0.1, -0.05) is 12.1 Å². The Morgan fingerprint density at radius 3 is 2.54 bits per heavy atom. The lowest BCUT2D eigenvalue weighted by Crippen LogP contribution is -2.51. The smallest absolute Gasteiger partial charge is 0.237 e. The van der Waals surface area contributed by atoms with Gasteiger partial charge in [-0.25, -0.2) is 4.39 Å². The molecule has 0 saturated carbocycles. The van der Waals surface area contributed by atoms with Crippen LogP contribution < -0.4 is 0 Å². The van der Waals surface area contributed by atoms with Gasteiger partial charge in [-0.3, -0.25) is 14.6 Å². The third kappa shape index (κ3) is 5.85. The molecular weight excluding hydrogens is 309 g/mol. The molecule has 0 bridgehead atoms. The van der Waals surface area contributed by atoms with Gasteiger partial charge in [-0.2, -0.15) is 0 Å². The molecule has 1 N–H and O–H groups in total. The molecule has 6 heteroatoms. The van der Waals surface area contributed by atoms with Crippen LogP contribution in [0.15, 0.2) is 24.3 Å². The number of benzene rings is 1. The normalized spacial score (nSPS) is 17.7. The summed E-state index contributed by atoms with van der Waals surface area (Å²) in [6, 6.07) is 6.40. The predicted molar refractivity (Wildman–Crippen MR) is 92.1 cm³/mol. The second kappa shape index (κ2) is 9.11. The lowest BCUT2D eigenvalue weighted by molar-refractivity contribution is -0.133. The predicted octanol–water partition coefficient (Wildman–Crippen LogP) is 1.17. The number of nitrogens with zero attached hydrogens (tertiary/aromatic N) is 3. The molecule has 1 heterocycles. The van der Waals surface area contributed by atoms with E-state index in [-0.39, 0.29) is 17.8 Å². The first-order valence-electron chi connectivity index (χ1n) is 8.63. The summed E-state index contributed by atoms with van der Waals surface area (Å²) in [4.78, 5) is 18.7. The standard InChI is InChI=1S/C18H28FN3O2/c1-3-22(13-16-5-4-6-17(19)11-16)18(24)14-21-9-7-20(8-10-21)12-15(2)23/h4-6,11,15,23H,3,7-10,12-14H2,1-2H3/t15-/m1/s1. The molecule has 1 amide bonds. The van der Waals surface area contributed by atoms with E-state index in [2.05, 4.69) is 9.80 Å². The van der Waals surface area contributed by atoms with Gasteiger partial charge in [-0.15, -0.1) is 0 Å². The minimum absolute atomic E-state index is 0.0748. The minimum Gasteiger partial charge on any atom is -0.392 e. The minimum atomic E-state index is -0.319. The number of rotatable bonds is 7. The first-order valence-corrected chi connectivity index (χ1v) is 8.63. The van der Waals surface area contributed by atoms with Crippen molar-refractivity contribution in [2.75, 3.05) is 45.8 Å². The Hall–Kier alpha value is -1.50. The molecule has 5 nitrogen and oxygen atoms in total. The Kier molecular flexibility index (Phi) is 7.15. The van der Waals surface area contributed by atoms with Crippen LogP contribution in [0, 0.1) is 5.82 Å². The monoisotopic (exact) mass is 337 g/mol. The summed E-state index contributed by atoms with van der Waals surface area (Å²) < 4.78 is 13.3. The summed E-state index contributed by atoms with van der Waals surface area (Å²) in [5.74, 6) is -0.198. The Morgan fingerprint density at radius 2 is 1.96 bits per heavy atom. The number of hydrogen-bond donors (Lipinski definition) is 1. The van der Waals surface area contributed by atoms with E-state index in [1.165, 1.54) is 12.1 Å².